The Hall–Kier alpha value is -2.53. The zero-order valence-corrected chi connectivity index (χ0v) is 14.5. The van der Waals surface area contributed by atoms with E-state index in [1.165, 1.54) is 17.8 Å². The largest absolute Gasteiger partial charge is 0.297 e. The van der Waals surface area contributed by atoms with E-state index in [9.17, 15) is 0 Å². The second-order valence-corrected chi connectivity index (χ2v) is 6.79. The van der Waals surface area contributed by atoms with Crippen LogP contribution in [0.2, 0.25) is 0 Å². The molecule has 0 saturated carbocycles. The van der Waals surface area contributed by atoms with E-state index in [1.54, 1.807) is 0 Å². The SMILES string of the molecule is Cn1nnc(-c2ccccc2)c1CN1CCC(Cc2ccccn2)C1. The number of rotatable bonds is 5. The van der Waals surface area contributed by atoms with Crippen LogP contribution in [0.3, 0.4) is 0 Å². The molecule has 1 fully saturated rings. The smallest absolute Gasteiger partial charge is 0.117 e. The number of hydrogen-bond acceptors (Lipinski definition) is 4. The highest BCUT2D eigenvalue weighted by Gasteiger charge is 2.25. The summed E-state index contributed by atoms with van der Waals surface area (Å²) in [5.74, 6) is 0.677. The second kappa shape index (κ2) is 7.15. The summed E-state index contributed by atoms with van der Waals surface area (Å²) in [5, 5.41) is 8.64. The summed E-state index contributed by atoms with van der Waals surface area (Å²) in [6, 6.07) is 16.5. The normalized spacial score (nSPS) is 17.9. The zero-order chi connectivity index (χ0) is 17.1. The van der Waals surface area contributed by atoms with E-state index >= 15 is 0 Å². The van der Waals surface area contributed by atoms with Crippen LogP contribution in [0.15, 0.2) is 54.7 Å². The summed E-state index contributed by atoms with van der Waals surface area (Å²) < 4.78 is 1.91. The van der Waals surface area contributed by atoms with E-state index in [-0.39, 0.29) is 0 Å². The molecule has 25 heavy (non-hydrogen) atoms. The monoisotopic (exact) mass is 333 g/mol. The van der Waals surface area contributed by atoms with Gasteiger partial charge in [0.25, 0.3) is 0 Å². The fraction of sp³-hybridized carbons (Fsp3) is 0.350. The van der Waals surface area contributed by atoms with Gasteiger partial charge in [-0.3, -0.25) is 14.6 Å². The van der Waals surface area contributed by atoms with Crippen LogP contribution >= 0.6 is 0 Å². The van der Waals surface area contributed by atoms with Crippen molar-refractivity contribution in [1.82, 2.24) is 24.9 Å². The molecule has 128 valence electrons. The molecule has 1 aliphatic rings. The molecule has 0 spiro atoms. The highest BCUT2D eigenvalue weighted by Crippen LogP contribution is 2.25. The van der Waals surface area contributed by atoms with Gasteiger partial charge in [-0.05, 0) is 37.4 Å². The van der Waals surface area contributed by atoms with Crippen molar-refractivity contribution in [2.24, 2.45) is 13.0 Å². The molecule has 3 heterocycles. The Morgan fingerprint density at radius 3 is 2.72 bits per heavy atom. The van der Waals surface area contributed by atoms with Crippen LogP contribution in [0.1, 0.15) is 17.8 Å². The molecule has 1 saturated heterocycles. The van der Waals surface area contributed by atoms with E-state index in [0.717, 1.165) is 37.3 Å². The van der Waals surface area contributed by atoms with Crippen molar-refractivity contribution in [1.29, 1.82) is 0 Å². The Kier molecular flexibility index (Phi) is 4.57. The molecule has 1 aliphatic heterocycles. The van der Waals surface area contributed by atoms with Crippen LogP contribution in [0.5, 0.6) is 0 Å². The molecule has 1 atom stereocenters. The van der Waals surface area contributed by atoms with Crippen molar-refractivity contribution in [3.8, 4) is 11.3 Å². The van der Waals surface area contributed by atoms with Crippen molar-refractivity contribution in [2.45, 2.75) is 19.4 Å². The van der Waals surface area contributed by atoms with E-state index in [0.29, 0.717) is 5.92 Å². The average molecular weight is 333 g/mol. The lowest BCUT2D eigenvalue weighted by molar-refractivity contribution is 0.307. The summed E-state index contributed by atoms with van der Waals surface area (Å²) in [5.41, 5.74) is 4.51. The van der Waals surface area contributed by atoms with Gasteiger partial charge >= 0.3 is 0 Å². The van der Waals surface area contributed by atoms with Crippen molar-refractivity contribution < 1.29 is 0 Å². The minimum absolute atomic E-state index is 0.677. The zero-order valence-electron chi connectivity index (χ0n) is 14.5. The first-order valence-electron chi connectivity index (χ1n) is 8.86. The molecule has 0 aliphatic carbocycles. The predicted molar refractivity (Wildman–Crippen MR) is 97.8 cm³/mol. The van der Waals surface area contributed by atoms with Crippen LogP contribution < -0.4 is 0 Å². The Balaban J connectivity index is 1.44. The van der Waals surface area contributed by atoms with Crippen molar-refractivity contribution in [3.63, 3.8) is 0 Å². The Bertz CT molecular complexity index is 813. The van der Waals surface area contributed by atoms with E-state index < -0.39 is 0 Å². The van der Waals surface area contributed by atoms with Gasteiger partial charge in [0.15, 0.2) is 0 Å². The Labute approximate surface area is 148 Å². The van der Waals surface area contributed by atoms with Crippen LogP contribution in [0.4, 0.5) is 0 Å². The summed E-state index contributed by atoms with van der Waals surface area (Å²) in [6.07, 6.45) is 4.17. The van der Waals surface area contributed by atoms with Crippen LogP contribution in [-0.4, -0.2) is 38.0 Å². The third kappa shape index (κ3) is 3.61. The maximum Gasteiger partial charge on any atom is 0.117 e. The van der Waals surface area contributed by atoms with Gasteiger partial charge in [0.1, 0.15) is 5.69 Å². The van der Waals surface area contributed by atoms with Gasteiger partial charge in [0, 0.05) is 37.6 Å². The lowest BCUT2D eigenvalue weighted by atomic mass is 10.0. The summed E-state index contributed by atoms with van der Waals surface area (Å²) >= 11 is 0. The standard InChI is InChI=1S/C20H23N5/c1-24-19(20(22-23-24)17-7-3-2-4-8-17)15-25-12-10-16(14-25)13-18-9-5-6-11-21-18/h2-9,11,16H,10,12-15H2,1H3. The van der Waals surface area contributed by atoms with Gasteiger partial charge in [0.2, 0.25) is 0 Å². The first kappa shape index (κ1) is 16.0. The van der Waals surface area contributed by atoms with Crippen LogP contribution in [0, 0.1) is 5.92 Å². The van der Waals surface area contributed by atoms with E-state index in [1.807, 2.05) is 42.2 Å². The molecular weight excluding hydrogens is 310 g/mol. The molecule has 5 nitrogen and oxygen atoms in total. The molecule has 1 aromatic carbocycles. The molecule has 1 unspecified atom stereocenters. The number of likely N-dealkylation sites (tertiary alicyclic amines) is 1. The number of aromatic nitrogens is 4. The average Bonchev–Trinajstić information content (AvgIpc) is 3.24. The fourth-order valence-electron chi connectivity index (χ4n) is 3.62. The van der Waals surface area contributed by atoms with Crippen molar-refractivity contribution in [2.75, 3.05) is 13.1 Å². The molecule has 0 bridgehead atoms. The lowest BCUT2D eigenvalue weighted by Gasteiger charge is -2.16. The molecule has 3 aromatic rings. The lowest BCUT2D eigenvalue weighted by Crippen LogP contribution is -2.22. The van der Waals surface area contributed by atoms with E-state index in [4.69, 9.17) is 0 Å². The first-order chi connectivity index (χ1) is 12.3. The minimum atomic E-state index is 0.677. The predicted octanol–water partition coefficient (Wildman–Crippen LogP) is 2.94. The van der Waals surface area contributed by atoms with Gasteiger partial charge in [0.05, 0.1) is 5.69 Å². The molecule has 5 heteroatoms. The number of benzene rings is 1. The second-order valence-electron chi connectivity index (χ2n) is 6.79. The third-order valence-electron chi connectivity index (χ3n) is 4.96. The number of aryl methyl sites for hydroxylation is 1. The molecule has 4 rings (SSSR count). The molecule has 0 N–H and O–H groups in total. The van der Waals surface area contributed by atoms with Crippen molar-refractivity contribution >= 4 is 0 Å². The van der Waals surface area contributed by atoms with Gasteiger partial charge in [-0.15, -0.1) is 5.10 Å². The topological polar surface area (TPSA) is 46.8 Å². The van der Waals surface area contributed by atoms with Gasteiger partial charge in [-0.25, -0.2) is 0 Å². The van der Waals surface area contributed by atoms with Gasteiger partial charge < -0.3 is 0 Å². The highest BCUT2D eigenvalue weighted by atomic mass is 15.4. The fourth-order valence-corrected chi connectivity index (χ4v) is 3.62. The maximum atomic E-state index is 4.47. The molecule has 2 aromatic heterocycles. The number of nitrogens with zero attached hydrogens (tertiary/aromatic N) is 5. The molecule has 0 amide bonds. The van der Waals surface area contributed by atoms with Gasteiger partial charge in [-0.2, -0.15) is 0 Å². The first-order valence-corrected chi connectivity index (χ1v) is 8.86. The highest BCUT2D eigenvalue weighted by molar-refractivity contribution is 5.61. The van der Waals surface area contributed by atoms with Gasteiger partial charge in [-0.1, -0.05) is 41.6 Å². The summed E-state index contributed by atoms with van der Waals surface area (Å²) in [4.78, 5) is 6.98. The summed E-state index contributed by atoms with van der Waals surface area (Å²) in [7, 11) is 1.98. The summed E-state index contributed by atoms with van der Waals surface area (Å²) in [6.45, 7) is 3.12. The Morgan fingerprint density at radius 2 is 1.92 bits per heavy atom. The van der Waals surface area contributed by atoms with Crippen LogP contribution in [-0.2, 0) is 20.0 Å². The molecule has 0 radical (unpaired) electrons. The molecular formula is C20H23N5. The quantitative estimate of drug-likeness (QED) is 0.720. The number of pyridine rings is 1. The maximum absolute atomic E-state index is 4.47. The number of hydrogen-bond donors (Lipinski definition) is 0. The Morgan fingerprint density at radius 1 is 1.08 bits per heavy atom. The van der Waals surface area contributed by atoms with Crippen LogP contribution in [0.25, 0.3) is 11.3 Å². The minimum Gasteiger partial charge on any atom is -0.297 e. The third-order valence-corrected chi connectivity index (χ3v) is 4.96. The van der Waals surface area contributed by atoms with E-state index in [2.05, 4.69) is 44.5 Å². The van der Waals surface area contributed by atoms with Crippen molar-refractivity contribution in [3.05, 3.63) is 66.1 Å².